The highest BCUT2D eigenvalue weighted by Crippen LogP contribution is 2.39. The zero-order chi connectivity index (χ0) is 25.3. The third-order valence-corrected chi connectivity index (χ3v) is 5.70. The Hall–Kier alpha value is -3.34. The number of carbonyl (C=O) groups is 3. The normalized spacial score (nSPS) is 22.4. The minimum atomic E-state index is -5.10. The number of benzene rings is 1. The second-order valence-electron chi connectivity index (χ2n) is 7.75. The molecule has 2 atom stereocenters. The van der Waals surface area contributed by atoms with Crippen LogP contribution in [-0.2, 0) is 30.3 Å². The summed E-state index contributed by atoms with van der Waals surface area (Å²) in [5.74, 6) is -4.85. The molecule has 0 saturated carbocycles. The van der Waals surface area contributed by atoms with Gasteiger partial charge in [0.1, 0.15) is 0 Å². The Morgan fingerprint density at radius 2 is 1.82 bits per heavy atom. The van der Waals surface area contributed by atoms with Gasteiger partial charge in [0.05, 0.1) is 20.3 Å². The first-order valence-electron chi connectivity index (χ1n) is 10.3. The summed E-state index contributed by atoms with van der Waals surface area (Å²) in [5.41, 5.74) is 1.24. The summed E-state index contributed by atoms with van der Waals surface area (Å²) >= 11 is 0. The van der Waals surface area contributed by atoms with E-state index >= 15 is 0 Å². The summed E-state index contributed by atoms with van der Waals surface area (Å²) < 4.78 is 61.1. The van der Waals surface area contributed by atoms with Crippen LogP contribution in [0.3, 0.4) is 0 Å². The summed E-state index contributed by atoms with van der Waals surface area (Å²) in [5, 5.41) is 0. The first-order chi connectivity index (χ1) is 16.0. The fraction of sp³-hybridized carbons (Fsp3) is 0.435. The summed E-state index contributed by atoms with van der Waals surface area (Å²) in [6.07, 6.45) is -2.75. The van der Waals surface area contributed by atoms with E-state index in [1.54, 1.807) is 18.2 Å². The van der Waals surface area contributed by atoms with Gasteiger partial charge in [-0.3, -0.25) is 14.4 Å². The van der Waals surface area contributed by atoms with E-state index in [0.717, 1.165) is 14.0 Å². The second kappa shape index (κ2) is 9.49. The van der Waals surface area contributed by atoms with E-state index in [9.17, 15) is 27.6 Å². The molecule has 0 aromatic heterocycles. The maximum absolute atomic E-state index is 13.4. The largest absolute Gasteiger partial charge is 0.493 e. The number of halogens is 3. The van der Waals surface area contributed by atoms with E-state index < -0.39 is 35.7 Å². The van der Waals surface area contributed by atoms with Gasteiger partial charge in [0.2, 0.25) is 5.78 Å². The molecule has 0 N–H and O–H groups in total. The number of alkyl halides is 3. The topological polar surface area (TPSA) is 91.4 Å². The molecule has 1 heterocycles. The van der Waals surface area contributed by atoms with Gasteiger partial charge in [0, 0.05) is 26.7 Å². The zero-order valence-corrected chi connectivity index (χ0v) is 19.0. The monoisotopic (exact) mass is 483 g/mol. The molecule has 0 spiro atoms. The van der Waals surface area contributed by atoms with Gasteiger partial charge in [0.15, 0.2) is 11.5 Å². The Balaban J connectivity index is 2.12. The van der Waals surface area contributed by atoms with Gasteiger partial charge >= 0.3 is 18.1 Å². The number of carbonyl (C=O) groups excluding carboxylic acids is 3. The lowest BCUT2D eigenvalue weighted by Crippen LogP contribution is -2.54. The fourth-order valence-corrected chi connectivity index (χ4v) is 4.15. The Morgan fingerprint density at radius 3 is 2.38 bits per heavy atom. The highest BCUT2D eigenvalue weighted by Gasteiger charge is 2.50. The Morgan fingerprint density at radius 1 is 1.15 bits per heavy atom. The van der Waals surface area contributed by atoms with Crippen molar-refractivity contribution in [3.63, 3.8) is 0 Å². The predicted octanol–water partition coefficient (Wildman–Crippen LogP) is 2.75. The van der Waals surface area contributed by atoms with Crippen molar-refractivity contribution < 1.29 is 46.5 Å². The van der Waals surface area contributed by atoms with Gasteiger partial charge in [-0.05, 0) is 47.8 Å². The van der Waals surface area contributed by atoms with Crippen LogP contribution in [0.5, 0.6) is 11.5 Å². The zero-order valence-electron chi connectivity index (χ0n) is 19.0. The first kappa shape index (κ1) is 25.3. The van der Waals surface area contributed by atoms with Crippen LogP contribution >= 0.6 is 0 Å². The average Bonchev–Trinajstić information content (AvgIpc) is 2.78. The third-order valence-electron chi connectivity index (χ3n) is 5.70. The lowest BCUT2D eigenvalue weighted by Gasteiger charge is -2.42. The molecule has 8 nitrogen and oxygen atoms in total. The van der Waals surface area contributed by atoms with Crippen molar-refractivity contribution in [3.8, 4) is 11.5 Å². The SMILES string of the molecule is COc1ccc(CC2C3=CC(OC)(OC(C)=O)C(=O)C=C3CCN2C(=O)C(F)(F)F)cc1OC. The van der Waals surface area contributed by atoms with Crippen LogP contribution in [0.2, 0.25) is 0 Å². The minimum Gasteiger partial charge on any atom is -0.493 e. The highest BCUT2D eigenvalue weighted by molar-refractivity contribution is 6.01. The molecule has 3 rings (SSSR count). The van der Waals surface area contributed by atoms with Crippen molar-refractivity contribution in [3.05, 3.63) is 47.1 Å². The summed E-state index contributed by atoms with van der Waals surface area (Å²) in [7, 11) is 4.01. The van der Waals surface area contributed by atoms with Crippen LogP contribution in [0.25, 0.3) is 0 Å². The number of esters is 1. The van der Waals surface area contributed by atoms with E-state index in [-0.39, 0.29) is 25.0 Å². The predicted molar refractivity (Wildman–Crippen MR) is 112 cm³/mol. The van der Waals surface area contributed by atoms with Crippen molar-refractivity contribution in [2.75, 3.05) is 27.9 Å². The fourth-order valence-electron chi connectivity index (χ4n) is 4.15. The molecule has 2 aliphatic rings. The molecule has 1 saturated heterocycles. The summed E-state index contributed by atoms with van der Waals surface area (Å²) in [6.45, 7) is 0.827. The van der Waals surface area contributed by atoms with Gasteiger partial charge in [-0.2, -0.15) is 13.2 Å². The lowest BCUT2D eigenvalue weighted by atomic mass is 9.80. The number of rotatable bonds is 6. The molecule has 1 amide bonds. The standard InChI is InChI=1S/C23H24F3NO7/c1-13(28)34-22(33-4)12-16-15(11-20(22)29)7-8-27(21(30)23(24,25)26)17(16)9-14-5-6-18(31-2)19(10-14)32-3/h5-6,10-12,17H,7-9H2,1-4H3. The first-order valence-corrected chi connectivity index (χ1v) is 10.3. The number of nitrogens with zero attached hydrogens (tertiary/aromatic N) is 1. The van der Waals surface area contributed by atoms with Crippen molar-refractivity contribution >= 4 is 17.7 Å². The number of hydrogen-bond donors (Lipinski definition) is 0. The third kappa shape index (κ3) is 4.79. The maximum atomic E-state index is 13.4. The summed E-state index contributed by atoms with van der Waals surface area (Å²) in [4.78, 5) is 37.4. The quantitative estimate of drug-likeness (QED) is 0.454. The second-order valence-corrected chi connectivity index (χ2v) is 7.75. The van der Waals surface area contributed by atoms with Crippen LogP contribution in [0.4, 0.5) is 13.2 Å². The van der Waals surface area contributed by atoms with Gasteiger partial charge in [-0.1, -0.05) is 6.07 Å². The molecule has 2 unspecified atom stereocenters. The van der Waals surface area contributed by atoms with E-state index in [2.05, 4.69) is 0 Å². The molecular formula is C23H24F3NO7. The number of ketones is 1. The Labute approximate surface area is 193 Å². The van der Waals surface area contributed by atoms with Crippen molar-refractivity contribution in [2.24, 2.45) is 0 Å². The smallest absolute Gasteiger partial charge is 0.471 e. The molecule has 1 fully saturated rings. The van der Waals surface area contributed by atoms with Gasteiger partial charge in [-0.25, -0.2) is 0 Å². The number of likely N-dealkylation sites (tertiary alicyclic amines) is 1. The van der Waals surface area contributed by atoms with Crippen LogP contribution in [0.1, 0.15) is 18.9 Å². The van der Waals surface area contributed by atoms with Crippen molar-refractivity contribution in [2.45, 2.75) is 37.8 Å². The molecular weight excluding hydrogens is 459 g/mol. The molecule has 1 aromatic rings. The average molecular weight is 483 g/mol. The number of methoxy groups -OCH3 is 3. The molecule has 11 heteroatoms. The molecule has 1 aromatic carbocycles. The summed E-state index contributed by atoms with van der Waals surface area (Å²) in [6, 6.07) is 3.71. The maximum Gasteiger partial charge on any atom is 0.471 e. The molecule has 184 valence electrons. The molecule has 0 radical (unpaired) electrons. The van der Waals surface area contributed by atoms with Crippen LogP contribution in [0, 0.1) is 0 Å². The van der Waals surface area contributed by atoms with Gasteiger partial charge < -0.3 is 23.8 Å². The Bertz CT molecular complexity index is 1060. The number of amides is 1. The van der Waals surface area contributed by atoms with E-state index in [0.29, 0.717) is 27.5 Å². The van der Waals surface area contributed by atoms with E-state index in [1.807, 2.05) is 0 Å². The molecule has 0 bridgehead atoms. The van der Waals surface area contributed by atoms with E-state index in [4.69, 9.17) is 18.9 Å². The van der Waals surface area contributed by atoms with Gasteiger partial charge in [-0.15, -0.1) is 0 Å². The number of piperidine rings is 1. The van der Waals surface area contributed by atoms with Crippen LogP contribution in [-0.4, -0.2) is 68.4 Å². The highest BCUT2D eigenvalue weighted by atomic mass is 19.4. The number of ether oxygens (including phenoxy) is 4. The van der Waals surface area contributed by atoms with Gasteiger partial charge in [0.25, 0.3) is 5.79 Å². The Kier molecular flexibility index (Phi) is 7.06. The number of fused-ring (bicyclic) bond motifs is 1. The molecule has 1 aliphatic heterocycles. The molecule has 34 heavy (non-hydrogen) atoms. The van der Waals surface area contributed by atoms with Crippen molar-refractivity contribution in [1.29, 1.82) is 0 Å². The lowest BCUT2D eigenvalue weighted by molar-refractivity contribution is -0.199. The minimum absolute atomic E-state index is 0.0156. The molecule has 1 aliphatic carbocycles. The van der Waals surface area contributed by atoms with Crippen LogP contribution in [0.15, 0.2) is 41.5 Å². The number of hydrogen-bond acceptors (Lipinski definition) is 7. The van der Waals surface area contributed by atoms with E-state index in [1.165, 1.54) is 26.4 Å². The van der Waals surface area contributed by atoms with Crippen molar-refractivity contribution in [1.82, 2.24) is 4.90 Å². The van der Waals surface area contributed by atoms with Crippen LogP contribution < -0.4 is 9.47 Å².